The zero-order chi connectivity index (χ0) is 18.8. The summed E-state index contributed by atoms with van der Waals surface area (Å²) in [6.07, 6.45) is -0.540. The van der Waals surface area contributed by atoms with Gasteiger partial charge < -0.3 is 19.5 Å². The van der Waals surface area contributed by atoms with Crippen molar-refractivity contribution in [3.63, 3.8) is 0 Å². The third kappa shape index (κ3) is 6.35. The quantitative estimate of drug-likeness (QED) is 0.758. The number of rotatable bonds is 8. The summed E-state index contributed by atoms with van der Waals surface area (Å²) in [5.41, 5.74) is 1.49. The van der Waals surface area contributed by atoms with Gasteiger partial charge in [0.25, 0.3) is 5.91 Å². The molecule has 2 aromatic carbocycles. The first kappa shape index (κ1) is 19.1. The number of benzene rings is 2. The van der Waals surface area contributed by atoms with E-state index in [4.69, 9.17) is 14.2 Å². The van der Waals surface area contributed by atoms with Gasteiger partial charge in [0.1, 0.15) is 11.5 Å². The molecule has 0 spiro atoms. The van der Waals surface area contributed by atoms with Crippen molar-refractivity contribution in [2.24, 2.45) is 0 Å². The highest BCUT2D eigenvalue weighted by Crippen LogP contribution is 2.17. The SMILES string of the molecule is CCOC(=O)Nc1cccc(OCC(=O)NCc2ccc(OC)cc2)c1. The number of amides is 2. The van der Waals surface area contributed by atoms with E-state index in [1.807, 2.05) is 24.3 Å². The highest BCUT2D eigenvalue weighted by atomic mass is 16.5. The molecule has 0 heterocycles. The van der Waals surface area contributed by atoms with Crippen LogP contribution in [0.5, 0.6) is 11.5 Å². The lowest BCUT2D eigenvalue weighted by atomic mass is 10.2. The second kappa shape index (κ2) is 9.93. The summed E-state index contributed by atoms with van der Waals surface area (Å²) in [6, 6.07) is 14.2. The van der Waals surface area contributed by atoms with Crippen molar-refractivity contribution in [2.45, 2.75) is 13.5 Å². The highest BCUT2D eigenvalue weighted by Gasteiger charge is 2.06. The van der Waals surface area contributed by atoms with E-state index < -0.39 is 6.09 Å². The first-order valence-electron chi connectivity index (χ1n) is 8.17. The molecule has 0 aliphatic rings. The monoisotopic (exact) mass is 358 g/mol. The van der Waals surface area contributed by atoms with E-state index in [0.717, 1.165) is 11.3 Å². The highest BCUT2D eigenvalue weighted by molar-refractivity contribution is 5.84. The van der Waals surface area contributed by atoms with Crippen molar-refractivity contribution in [2.75, 3.05) is 25.6 Å². The Morgan fingerprint density at radius 2 is 1.81 bits per heavy atom. The van der Waals surface area contributed by atoms with Crippen LogP contribution in [0.1, 0.15) is 12.5 Å². The Morgan fingerprint density at radius 1 is 1.04 bits per heavy atom. The van der Waals surface area contributed by atoms with Crippen LogP contribution in [0.2, 0.25) is 0 Å². The largest absolute Gasteiger partial charge is 0.497 e. The van der Waals surface area contributed by atoms with Crippen LogP contribution in [0.25, 0.3) is 0 Å². The number of anilines is 1. The van der Waals surface area contributed by atoms with E-state index in [2.05, 4.69) is 10.6 Å². The van der Waals surface area contributed by atoms with E-state index in [1.54, 1.807) is 38.3 Å². The Kier molecular flexibility index (Phi) is 7.30. The summed E-state index contributed by atoms with van der Waals surface area (Å²) in [7, 11) is 1.60. The number of methoxy groups -OCH3 is 1. The van der Waals surface area contributed by atoms with Gasteiger partial charge >= 0.3 is 6.09 Å². The molecule has 0 aliphatic carbocycles. The summed E-state index contributed by atoms with van der Waals surface area (Å²) >= 11 is 0. The van der Waals surface area contributed by atoms with Crippen LogP contribution in [0.15, 0.2) is 48.5 Å². The molecule has 0 aromatic heterocycles. The summed E-state index contributed by atoms with van der Waals surface area (Å²) < 4.78 is 15.3. The number of carbonyl (C=O) groups is 2. The minimum Gasteiger partial charge on any atom is -0.497 e. The molecule has 7 nitrogen and oxygen atoms in total. The topological polar surface area (TPSA) is 85.9 Å². The second-order valence-electron chi connectivity index (χ2n) is 5.29. The maximum absolute atomic E-state index is 11.9. The normalized spacial score (nSPS) is 9.92. The van der Waals surface area contributed by atoms with Crippen molar-refractivity contribution in [1.82, 2.24) is 5.32 Å². The average molecular weight is 358 g/mol. The molecule has 2 amide bonds. The number of hydrogen-bond donors (Lipinski definition) is 2. The first-order valence-corrected chi connectivity index (χ1v) is 8.17. The van der Waals surface area contributed by atoms with Gasteiger partial charge in [-0.2, -0.15) is 0 Å². The van der Waals surface area contributed by atoms with Crippen LogP contribution in [-0.2, 0) is 16.1 Å². The zero-order valence-electron chi connectivity index (χ0n) is 14.8. The average Bonchev–Trinajstić information content (AvgIpc) is 2.65. The molecule has 2 rings (SSSR count). The third-order valence-electron chi connectivity index (χ3n) is 3.37. The van der Waals surface area contributed by atoms with Crippen molar-refractivity contribution >= 4 is 17.7 Å². The molecule has 0 aliphatic heterocycles. The van der Waals surface area contributed by atoms with Crippen molar-refractivity contribution < 1.29 is 23.8 Å². The number of ether oxygens (including phenoxy) is 3. The van der Waals surface area contributed by atoms with E-state index in [9.17, 15) is 9.59 Å². The lowest BCUT2D eigenvalue weighted by molar-refractivity contribution is -0.123. The van der Waals surface area contributed by atoms with Gasteiger partial charge in [-0.25, -0.2) is 4.79 Å². The van der Waals surface area contributed by atoms with Gasteiger partial charge in [-0.3, -0.25) is 10.1 Å². The second-order valence-corrected chi connectivity index (χ2v) is 5.29. The van der Waals surface area contributed by atoms with Gasteiger partial charge in [0.15, 0.2) is 6.61 Å². The maximum Gasteiger partial charge on any atom is 0.411 e. The van der Waals surface area contributed by atoms with E-state index in [-0.39, 0.29) is 19.1 Å². The first-order chi connectivity index (χ1) is 12.6. The van der Waals surface area contributed by atoms with Crippen LogP contribution in [0.4, 0.5) is 10.5 Å². The van der Waals surface area contributed by atoms with Crippen molar-refractivity contribution in [3.8, 4) is 11.5 Å². The van der Waals surface area contributed by atoms with Gasteiger partial charge in [-0.05, 0) is 36.8 Å². The minimum absolute atomic E-state index is 0.126. The number of nitrogens with one attached hydrogen (secondary N) is 2. The molecule has 0 fully saturated rings. The number of carbonyl (C=O) groups excluding carboxylic acids is 2. The van der Waals surface area contributed by atoms with Gasteiger partial charge in [0.05, 0.1) is 13.7 Å². The van der Waals surface area contributed by atoms with Crippen LogP contribution in [-0.4, -0.2) is 32.3 Å². The third-order valence-corrected chi connectivity index (χ3v) is 3.37. The molecular weight excluding hydrogens is 336 g/mol. The minimum atomic E-state index is -0.540. The smallest absolute Gasteiger partial charge is 0.411 e. The summed E-state index contributed by atoms with van der Waals surface area (Å²) in [6.45, 7) is 2.29. The zero-order valence-corrected chi connectivity index (χ0v) is 14.8. The molecule has 0 radical (unpaired) electrons. The molecule has 138 valence electrons. The molecule has 26 heavy (non-hydrogen) atoms. The van der Waals surface area contributed by atoms with Crippen LogP contribution >= 0.6 is 0 Å². The Labute approximate surface area is 152 Å². The number of hydrogen-bond acceptors (Lipinski definition) is 5. The fourth-order valence-corrected chi connectivity index (χ4v) is 2.09. The van der Waals surface area contributed by atoms with Crippen LogP contribution < -0.4 is 20.1 Å². The molecule has 0 saturated heterocycles. The fraction of sp³-hybridized carbons (Fsp3) is 0.263. The summed E-state index contributed by atoms with van der Waals surface area (Å²) in [5, 5.41) is 5.35. The lowest BCUT2D eigenvalue weighted by Crippen LogP contribution is -2.28. The predicted octanol–water partition coefficient (Wildman–Crippen LogP) is 2.96. The Hall–Kier alpha value is -3.22. The summed E-state index contributed by atoms with van der Waals surface area (Å²) in [5.74, 6) is 0.989. The standard InChI is InChI=1S/C19H22N2O5/c1-3-25-19(23)21-15-5-4-6-17(11-15)26-13-18(22)20-12-14-7-9-16(24-2)10-8-14/h4-11H,3,12-13H2,1-2H3,(H,20,22)(H,21,23). The Bertz CT molecular complexity index is 731. The van der Waals surface area contributed by atoms with Gasteiger partial charge in [-0.1, -0.05) is 18.2 Å². The molecule has 2 N–H and O–H groups in total. The molecule has 7 heteroatoms. The Balaban J connectivity index is 1.78. The molecule has 0 atom stereocenters. The van der Waals surface area contributed by atoms with Crippen LogP contribution in [0, 0.1) is 0 Å². The summed E-state index contributed by atoms with van der Waals surface area (Å²) in [4.78, 5) is 23.3. The molecule has 2 aromatic rings. The van der Waals surface area contributed by atoms with E-state index in [0.29, 0.717) is 18.0 Å². The Morgan fingerprint density at radius 3 is 2.50 bits per heavy atom. The fourth-order valence-electron chi connectivity index (χ4n) is 2.09. The maximum atomic E-state index is 11.9. The molecule has 0 unspecified atom stereocenters. The molecule has 0 bridgehead atoms. The molecular formula is C19H22N2O5. The van der Waals surface area contributed by atoms with E-state index in [1.165, 1.54) is 0 Å². The van der Waals surface area contributed by atoms with Gasteiger partial charge in [0, 0.05) is 18.3 Å². The van der Waals surface area contributed by atoms with Gasteiger partial charge in [0.2, 0.25) is 0 Å². The predicted molar refractivity (Wildman–Crippen MR) is 97.4 cm³/mol. The van der Waals surface area contributed by atoms with E-state index >= 15 is 0 Å². The molecule has 0 saturated carbocycles. The van der Waals surface area contributed by atoms with Gasteiger partial charge in [-0.15, -0.1) is 0 Å². The van der Waals surface area contributed by atoms with Crippen molar-refractivity contribution in [1.29, 1.82) is 0 Å². The van der Waals surface area contributed by atoms with Crippen LogP contribution in [0.3, 0.4) is 0 Å². The van der Waals surface area contributed by atoms with Crippen molar-refractivity contribution in [3.05, 3.63) is 54.1 Å². The lowest BCUT2D eigenvalue weighted by Gasteiger charge is -2.10.